The summed E-state index contributed by atoms with van der Waals surface area (Å²) < 4.78 is 0.940. The van der Waals surface area contributed by atoms with Crippen LogP contribution in [0.1, 0.15) is 11.1 Å². The molecule has 0 radical (unpaired) electrons. The van der Waals surface area contributed by atoms with Crippen molar-refractivity contribution in [1.29, 1.82) is 5.26 Å². The Balaban J connectivity index is 3.01. The third-order valence-corrected chi connectivity index (χ3v) is 2.33. The van der Waals surface area contributed by atoms with E-state index in [2.05, 4.69) is 22.0 Å². The summed E-state index contributed by atoms with van der Waals surface area (Å²) in [6, 6.07) is 7.39. The van der Waals surface area contributed by atoms with Crippen LogP contribution >= 0.6 is 15.9 Å². The van der Waals surface area contributed by atoms with Gasteiger partial charge in [0.2, 0.25) is 0 Å². The number of aliphatic hydroxyl groups excluding tert-OH is 1. The molecule has 0 aliphatic carbocycles. The lowest BCUT2D eigenvalue weighted by Crippen LogP contribution is -1.92. The number of aliphatic hydroxyl groups is 1. The first-order valence-corrected chi connectivity index (χ1v) is 4.36. The Kier molecular flexibility index (Phi) is 3.27. The van der Waals surface area contributed by atoms with Crippen LogP contribution in [0, 0.1) is 11.3 Å². The molecule has 0 atom stereocenters. The van der Waals surface area contributed by atoms with Gasteiger partial charge in [0.15, 0.2) is 0 Å². The summed E-state index contributed by atoms with van der Waals surface area (Å²) in [5, 5.41) is 17.3. The summed E-state index contributed by atoms with van der Waals surface area (Å²) in [6.45, 7) is 0.105. The molecule has 0 bridgehead atoms. The molecule has 1 aromatic carbocycles. The predicted molar refractivity (Wildman–Crippen MR) is 49.6 cm³/mol. The molecule has 0 amide bonds. The monoisotopic (exact) mass is 225 g/mol. The van der Waals surface area contributed by atoms with E-state index in [1.54, 1.807) is 12.1 Å². The van der Waals surface area contributed by atoms with Crippen LogP contribution in [0.15, 0.2) is 22.7 Å². The van der Waals surface area contributed by atoms with Crippen LogP contribution in [0.2, 0.25) is 0 Å². The zero-order valence-corrected chi connectivity index (χ0v) is 8.00. The van der Waals surface area contributed by atoms with E-state index < -0.39 is 0 Å². The third-order valence-electron chi connectivity index (χ3n) is 1.56. The molecule has 2 nitrogen and oxygen atoms in total. The minimum Gasteiger partial charge on any atom is -0.396 e. The summed E-state index contributed by atoms with van der Waals surface area (Å²) in [4.78, 5) is 0. The second-order valence-electron chi connectivity index (χ2n) is 2.39. The summed E-state index contributed by atoms with van der Waals surface area (Å²) in [5.41, 5.74) is 1.60. The maximum absolute atomic E-state index is 8.70. The lowest BCUT2D eigenvalue weighted by molar-refractivity contribution is 0.299. The zero-order valence-electron chi connectivity index (χ0n) is 6.42. The normalized spacial score (nSPS) is 9.42. The zero-order chi connectivity index (χ0) is 8.97. The number of benzene rings is 1. The molecule has 0 heterocycles. The minimum atomic E-state index is 0.105. The first-order valence-electron chi connectivity index (χ1n) is 3.57. The fraction of sp³-hybridized carbons (Fsp3) is 0.222. The number of hydrogen-bond acceptors (Lipinski definition) is 2. The van der Waals surface area contributed by atoms with Gasteiger partial charge in [0.1, 0.15) is 0 Å². The number of halogens is 1. The molecule has 0 fully saturated rings. The number of nitriles is 1. The van der Waals surface area contributed by atoms with Crippen molar-refractivity contribution in [2.24, 2.45) is 0 Å². The Hall–Kier alpha value is -0.850. The van der Waals surface area contributed by atoms with E-state index in [1.807, 2.05) is 6.07 Å². The van der Waals surface area contributed by atoms with Gasteiger partial charge in [-0.15, -0.1) is 0 Å². The van der Waals surface area contributed by atoms with Crippen LogP contribution in [-0.2, 0) is 6.42 Å². The Morgan fingerprint density at radius 2 is 2.25 bits per heavy atom. The van der Waals surface area contributed by atoms with E-state index in [-0.39, 0.29) is 6.61 Å². The van der Waals surface area contributed by atoms with Crippen molar-refractivity contribution in [2.45, 2.75) is 6.42 Å². The molecule has 1 N–H and O–H groups in total. The van der Waals surface area contributed by atoms with Gasteiger partial charge in [-0.2, -0.15) is 5.26 Å². The van der Waals surface area contributed by atoms with Gasteiger partial charge >= 0.3 is 0 Å². The fourth-order valence-corrected chi connectivity index (χ4v) is 1.40. The Bertz CT molecular complexity index is 317. The van der Waals surface area contributed by atoms with Crippen LogP contribution < -0.4 is 0 Å². The molecule has 3 heteroatoms. The fourth-order valence-electron chi connectivity index (χ4n) is 0.956. The van der Waals surface area contributed by atoms with Crippen LogP contribution in [0.4, 0.5) is 0 Å². The second kappa shape index (κ2) is 4.24. The van der Waals surface area contributed by atoms with Gasteiger partial charge in [-0.05, 0) is 30.2 Å². The minimum absolute atomic E-state index is 0.105. The van der Waals surface area contributed by atoms with Crippen molar-refractivity contribution in [3.63, 3.8) is 0 Å². The first-order chi connectivity index (χ1) is 5.77. The highest BCUT2D eigenvalue weighted by Crippen LogP contribution is 2.18. The number of rotatable bonds is 2. The van der Waals surface area contributed by atoms with E-state index in [0.717, 1.165) is 10.0 Å². The average molecular weight is 226 g/mol. The van der Waals surface area contributed by atoms with Crippen molar-refractivity contribution in [3.8, 4) is 6.07 Å². The summed E-state index contributed by atoms with van der Waals surface area (Å²) in [5.74, 6) is 0. The van der Waals surface area contributed by atoms with Gasteiger partial charge in [-0.1, -0.05) is 15.9 Å². The van der Waals surface area contributed by atoms with Crippen LogP contribution in [-0.4, -0.2) is 11.7 Å². The lowest BCUT2D eigenvalue weighted by Gasteiger charge is -2.01. The number of nitrogens with zero attached hydrogens (tertiary/aromatic N) is 1. The molecular weight excluding hydrogens is 218 g/mol. The molecule has 0 aliphatic rings. The van der Waals surface area contributed by atoms with E-state index in [0.29, 0.717) is 12.0 Å². The Morgan fingerprint density at radius 1 is 1.50 bits per heavy atom. The molecule has 0 aliphatic heterocycles. The van der Waals surface area contributed by atoms with Crippen molar-refractivity contribution in [1.82, 2.24) is 0 Å². The van der Waals surface area contributed by atoms with Crippen molar-refractivity contribution >= 4 is 15.9 Å². The van der Waals surface area contributed by atoms with Gasteiger partial charge in [0, 0.05) is 11.1 Å². The molecule has 1 aromatic rings. The molecular formula is C9H8BrNO. The van der Waals surface area contributed by atoms with Crippen LogP contribution in [0.3, 0.4) is 0 Å². The molecule has 1 rings (SSSR count). The second-order valence-corrected chi connectivity index (χ2v) is 3.25. The Morgan fingerprint density at radius 3 is 2.83 bits per heavy atom. The van der Waals surface area contributed by atoms with E-state index >= 15 is 0 Å². The molecule has 0 aromatic heterocycles. The van der Waals surface area contributed by atoms with Crippen molar-refractivity contribution in [3.05, 3.63) is 33.8 Å². The maximum Gasteiger partial charge on any atom is 0.0991 e. The molecule has 0 saturated heterocycles. The Labute approximate surface area is 79.6 Å². The summed E-state index contributed by atoms with van der Waals surface area (Å²) >= 11 is 3.34. The summed E-state index contributed by atoms with van der Waals surface area (Å²) in [6.07, 6.45) is 0.579. The van der Waals surface area contributed by atoms with Gasteiger partial charge in [-0.25, -0.2) is 0 Å². The third kappa shape index (κ3) is 2.07. The smallest absolute Gasteiger partial charge is 0.0991 e. The first kappa shape index (κ1) is 9.24. The van der Waals surface area contributed by atoms with Crippen LogP contribution in [0.5, 0.6) is 0 Å². The standard InChI is InChI=1S/C9H8BrNO/c10-9-2-1-7(6-11)5-8(9)3-4-12/h1-2,5,12H,3-4H2. The highest BCUT2D eigenvalue weighted by atomic mass is 79.9. The summed E-state index contributed by atoms with van der Waals surface area (Å²) in [7, 11) is 0. The number of hydrogen-bond donors (Lipinski definition) is 1. The topological polar surface area (TPSA) is 44.0 Å². The van der Waals surface area contributed by atoms with E-state index in [4.69, 9.17) is 10.4 Å². The van der Waals surface area contributed by atoms with E-state index in [1.165, 1.54) is 0 Å². The highest BCUT2D eigenvalue weighted by molar-refractivity contribution is 9.10. The molecule has 0 unspecified atom stereocenters. The van der Waals surface area contributed by atoms with Gasteiger partial charge < -0.3 is 5.11 Å². The molecule has 12 heavy (non-hydrogen) atoms. The van der Waals surface area contributed by atoms with Crippen LogP contribution in [0.25, 0.3) is 0 Å². The van der Waals surface area contributed by atoms with Gasteiger partial charge in [0.05, 0.1) is 11.6 Å². The highest BCUT2D eigenvalue weighted by Gasteiger charge is 1.99. The lowest BCUT2D eigenvalue weighted by atomic mass is 10.1. The van der Waals surface area contributed by atoms with Gasteiger partial charge in [0.25, 0.3) is 0 Å². The van der Waals surface area contributed by atoms with Crippen molar-refractivity contribution < 1.29 is 5.11 Å². The van der Waals surface area contributed by atoms with Crippen molar-refractivity contribution in [2.75, 3.05) is 6.61 Å². The maximum atomic E-state index is 8.70. The SMILES string of the molecule is N#Cc1ccc(Br)c(CCO)c1. The van der Waals surface area contributed by atoms with Gasteiger partial charge in [-0.3, -0.25) is 0 Å². The predicted octanol–water partition coefficient (Wildman–Crippen LogP) is 1.86. The largest absolute Gasteiger partial charge is 0.396 e. The average Bonchev–Trinajstić information content (AvgIpc) is 2.09. The molecule has 62 valence electrons. The molecule has 0 spiro atoms. The molecule has 0 saturated carbocycles. The quantitative estimate of drug-likeness (QED) is 0.836. The van der Waals surface area contributed by atoms with E-state index in [9.17, 15) is 0 Å².